The number of benzene rings is 2. The van der Waals surface area contributed by atoms with Gasteiger partial charge in [0, 0.05) is 13.0 Å². The van der Waals surface area contributed by atoms with Gasteiger partial charge < -0.3 is 15.2 Å². The first-order valence-electron chi connectivity index (χ1n) is 7.82. The second kappa shape index (κ2) is 5.85. The minimum atomic E-state index is -1.49. The Morgan fingerprint density at radius 1 is 1.26 bits per heavy atom. The molecule has 2 unspecified atom stereocenters. The highest BCUT2D eigenvalue weighted by Gasteiger charge is 2.48. The quantitative estimate of drug-likeness (QED) is 0.905. The Labute approximate surface area is 136 Å². The van der Waals surface area contributed by atoms with Gasteiger partial charge in [0.2, 0.25) is 0 Å². The molecule has 2 N–H and O–H groups in total. The Morgan fingerprint density at radius 3 is 2.74 bits per heavy atom. The van der Waals surface area contributed by atoms with Crippen LogP contribution in [0.2, 0.25) is 0 Å². The third-order valence-electron chi connectivity index (χ3n) is 4.41. The molecule has 3 nitrogen and oxygen atoms in total. The topological polar surface area (TPSA) is 41.5 Å². The van der Waals surface area contributed by atoms with Crippen molar-refractivity contribution < 1.29 is 14.2 Å². The number of ether oxygens (including phenoxy) is 1. The summed E-state index contributed by atoms with van der Waals surface area (Å²) in [6, 6.07) is 10.9. The van der Waals surface area contributed by atoms with Crippen molar-refractivity contribution in [2.75, 3.05) is 13.6 Å². The molecule has 0 bridgehead atoms. The van der Waals surface area contributed by atoms with Crippen LogP contribution in [0.1, 0.15) is 28.4 Å². The number of aryl methyl sites for hydroxylation is 2. The fourth-order valence-electron chi connectivity index (χ4n) is 3.34. The van der Waals surface area contributed by atoms with Gasteiger partial charge in [-0.05, 0) is 55.8 Å². The van der Waals surface area contributed by atoms with E-state index in [4.69, 9.17) is 4.74 Å². The lowest BCUT2D eigenvalue weighted by Gasteiger charge is -2.29. The van der Waals surface area contributed by atoms with Crippen LogP contribution in [0.15, 0.2) is 36.4 Å². The van der Waals surface area contributed by atoms with Crippen LogP contribution in [0.25, 0.3) is 0 Å². The van der Waals surface area contributed by atoms with E-state index in [9.17, 15) is 5.11 Å². The first kappa shape index (κ1) is 15.8. The zero-order valence-corrected chi connectivity index (χ0v) is 13.7. The van der Waals surface area contributed by atoms with Crippen LogP contribution in [0.3, 0.4) is 0 Å². The first-order chi connectivity index (χ1) is 10.9. The van der Waals surface area contributed by atoms with Crippen molar-refractivity contribution in [3.05, 3.63) is 58.7 Å². The van der Waals surface area contributed by atoms with Crippen molar-refractivity contribution in [3.63, 3.8) is 0 Å². The van der Waals surface area contributed by atoms with E-state index in [1.807, 2.05) is 32.0 Å². The Balaban J connectivity index is 1.99. The molecule has 0 heterocycles. The van der Waals surface area contributed by atoms with E-state index in [1.165, 1.54) is 0 Å². The Hall–Kier alpha value is -2.07. The van der Waals surface area contributed by atoms with Gasteiger partial charge in [-0.1, -0.05) is 23.8 Å². The van der Waals surface area contributed by atoms with Crippen molar-refractivity contribution in [2.45, 2.75) is 32.0 Å². The normalized spacial score (nSPS) is 22.9. The van der Waals surface area contributed by atoms with Crippen LogP contribution < -0.4 is 10.1 Å². The molecule has 23 heavy (non-hydrogen) atoms. The highest BCUT2D eigenvalue weighted by Crippen LogP contribution is 2.45. The zero-order valence-electron chi connectivity index (χ0n) is 13.7. The van der Waals surface area contributed by atoms with E-state index >= 15 is 4.39 Å². The number of phenols is 1. The summed E-state index contributed by atoms with van der Waals surface area (Å²) in [5.74, 6) is 0.776. The molecule has 0 fully saturated rings. The van der Waals surface area contributed by atoms with E-state index in [2.05, 4.69) is 5.32 Å². The fourth-order valence-corrected chi connectivity index (χ4v) is 3.34. The molecule has 4 heteroatoms. The van der Waals surface area contributed by atoms with Gasteiger partial charge in [0.15, 0.2) is 11.8 Å². The Kier molecular flexibility index (Phi) is 4.02. The van der Waals surface area contributed by atoms with Gasteiger partial charge in [0.05, 0.1) is 0 Å². The van der Waals surface area contributed by atoms with Gasteiger partial charge in [-0.2, -0.15) is 0 Å². The smallest absolute Gasteiger partial charge is 0.168 e. The number of aromatic hydroxyl groups is 1. The van der Waals surface area contributed by atoms with Gasteiger partial charge in [-0.3, -0.25) is 0 Å². The first-order valence-corrected chi connectivity index (χ1v) is 7.82. The summed E-state index contributed by atoms with van der Waals surface area (Å²) >= 11 is 0. The number of fused-ring (bicyclic) bond motifs is 1. The maximum Gasteiger partial charge on any atom is 0.168 e. The molecule has 0 saturated heterocycles. The molecular weight excluding hydrogens is 293 g/mol. The van der Waals surface area contributed by atoms with Gasteiger partial charge in [-0.15, -0.1) is 0 Å². The second-order valence-corrected chi connectivity index (χ2v) is 6.39. The minimum Gasteiger partial charge on any atom is -0.508 e. The lowest BCUT2D eigenvalue weighted by molar-refractivity contribution is 0.0228. The molecule has 1 aliphatic carbocycles. The van der Waals surface area contributed by atoms with Crippen LogP contribution in [-0.4, -0.2) is 24.4 Å². The van der Waals surface area contributed by atoms with Crippen LogP contribution >= 0.6 is 0 Å². The van der Waals surface area contributed by atoms with E-state index in [1.54, 1.807) is 25.2 Å². The van der Waals surface area contributed by atoms with Gasteiger partial charge in [-0.25, -0.2) is 4.39 Å². The van der Waals surface area contributed by atoms with Gasteiger partial charge >= 0.3 is 0 Å². The minimum absolute atomic E-state index is 0.180. The highest BCUT2D eigenvalue weighted by molar-refractivity contribution is 5.44. The maximum absolute atomic E-state index is 15.6. The molecule has 2 atom stereocenters. The summed E-state index contributed by atoms with van der Waals surface area (Å²) in [5.41, 5.74) is 2.33. The number of phenolic OH excluding ortho intramolecular Hbond substituents is 1. The maximum atomic E-state index is 15.6. The number of hydrogen-bond donors (Lipinski definition) is 2. The number of rotatable bonds is 4. The summed E-state index contributed by atoms with van der Waals surface area (Å²) in [6.45, 7) is 4.08. The third kappa shape index (κ3) is 2.91. The SMILES string of the molecule is CNCC1(F)Cc2cc(C)ccc2C1Oc1ccc(O)cc1C. The summed E-state index contributed by atoms with van der Waals surface area (Å²) in [7, 11) is 1.75. The largest absolute Gasteiger partial charge is 0.508 e. The van der Waals surface area contributed by atoms with Crippen molar-refractivity contribution in [3.8, 4) is 11.5 Å². The molecule has 2 aromatic rings. The van der Waals surface area contributed by atoms with Crippen molar-refractivity contribution >= 4 is 0 Å². The lowest BCUT2D eigenvalue weighted by Crippen LogP contribution is -2.41. The van der Waals surface area contributed by atoms with E-state index in [0.29, 0.717) is 12.2 Å². The average Bonchev–Trinajstić information content (AvgIpc) is 2.73. The van der Waals surface area contributed by atoms with Gasteiger partial charge in [0.25, 0.3) is 0 Å². The zero-order chi connectivity index (χ0) is 16.6. The molecule has 122 valence electrons. The molecule has 0 aliphatic heterocycles. The molecule has 0 aromatic heterocycles. The molecular formula is C19H22FNO2. The van der Waals surface area contributed by atoms with Crippen molar-refractivity contribution in [1.29, 1.82) is 0 Å². The van der Waals surface area contributed by atoms with Gasteiger partial charge in [0.1, 0.15) is 11.5 Å². The summed E-state index contributed by atoms with van der Waals surface area (Å²) in [4.78, 5) is 0. The van der Waals surface area contributed by atoms with Crippen LogP contribution in [0.5, 0.6) is 11.5 Å². The highest BCUT2D eigenvalue weighted by atomic mass is 19.1. The molecule has 2 aromatic carbocycles. The van der Waals surface area contributed by atoms with E-state index in [-0.39, 0.29) is 12.3 Å². The molecule has 3 rings (SSSR count). The van der Waals surface area contributed by atoms with E-state index in [0.717, 1.165) is 22.3 Å². The second-order valence-electron chi connectivity index (χ2n) is 6.39. The summed E-state index contributed by atoms with van der Waals surface area (Å²) < 4.78 is 21.6. The van der Waals surface area contributed by atoms with Crippen LogP contribution in [0, 0.1) is 13.8 Å². The molecule has 0 spiro atoms. The fraction of sp³-hybridized carbons (Fsp3) is 0.368. The third-order valence-corrected chi connectivity index (χ3v) is 4.41. The lowest BCUT2D eigenvalue weighted by atomic mass is 9.99. The predicted octanol–water partition coefficient (Wildman–Crippen LogP) is 3.61. The Bertz CT molecular complexity index is 731. The monoisotopic (exact) mass is 315 g/mol. The number of nitrogens with one attached hydrogen (secondary N) is 1. The molecule has 0 radical (unpaired) electrons. The Morgan fingerprint density at radius 2 is 2.04 bits per heavy atom. The molecule has 0 saturated carbocycles. The predicted molar refractivity (Wildman–Crippen MR) is 88.9 cm³/mol. The van der Waals surface area contributed by atoms with Crippen molar-refractivity contribution in [1.82, 2.24) is 5.32 Å². The van der Waals surface area contributed by atoms with E-state index < -0.39 is 11.8 Å². The standard InChI is InChI=1S/C19H22FNO2/c1-12-4-6-16-14(8-12)10-19(20,11-21-3)18(16)23-17-7-5-15(22)9-13(17)2/h4-9,18,21-22H,10-11H2,1-3H3. The molecule has 0 amide bonds. The number of hydrogen-bond acceptors (Lipinski definition) is 3. The van der Waals surface area contributed by atoms with Crippen molar-refractivity contribution in [2.24, 2.45) is 0 Å². The number of halogens is 1. The average molecular weight is 315 g/mol. The number of alkyl halides is 1. The van der Waals surface area contributed by atoms with Crippen LogP contribution in [0.4, 0.5) is 4.39 Å². The molecule has 1 aliphatic rings. The van der Waals surface area contributed by atoms with Crippen LogP contribution in [-0.2, 0) is 6.42 Å². The summed E-state index contributed by atoms with van der Waals surface area (Å²) in [5, 5.41) is 12.5. The summed E-state index contributed by atoms with van der Waals surface area (Å²) in [6.07, 6.45) is -0.319.